The summed E-state index contributed by atoms with van der Waals surface area (Å²) in [5.74, 6) is 0.135. The Bertz CT molecular complexity index is 944. The van der Waals surface area contributed by atoms with Gasteiger partial charge >= 0.3 is 0 Å². The zero-order valence-corrected chi connectivity index (χ0v) is 18.0. The van der Waals surface area contributed by atoms with Gasteiger partial charge in [0.05, 0.1) is 17.7 Å². The van der Waals surface area contributed by atoms with Gasteiger partial charge in [0.25, 0.3) is 0 Å². The number of ether oxygens (including phenoxy) is 1. The number of methoxy groups -OCH3 is 1. The van der Waals surface area contributed by atoms with Crippen LogP contribution in [0, 0.1) is 12.3 Å². The number of aromatic nitrogens is 1. The zero-order valence-electron chi connectivity index (χ0n) is 16.3. The predicted molar refractivity (Wildman–Crippen MR) is 108 cm³/mol. The summed E-state index contributed by atoms with van der Waals surface area (Å²) in [6, 6.07) is 4.96. The summed E-state index contributed by atoms with van der Waals surface area (Å²) in [5, 5.41) is 3.29. The molecule has 2 aromatic rings. The molecule has 9 heteroatoms. The van der Waals surface area contributed by atoms with Crippen LogP contribution in [-0.4, -0.2) is 33.0 Å². The van der Waals surface area contributed by atoms with Gasteiger partial charge in [0, 0.05) is 12.0 Å². The lowest BCUT2D eigenvalue weighted by molar-refractivity contribution is -0.123. The molecule has 0 aliphatic rings. The van der Waals surface area contributed by atoms with E-state index in [0.717, 1.165) is 4.88 Å². The molecule has 1 heterocycles. The number of nitrogens with one attached hydrogen (secondary N) is 2. The van der Waals surface area contributed by atoms with Crippen molar-refractivity contribution in [3.8, 4) is 16.2 Å². The first-order valence-corrected chi connectivity index (χ1v) is 10.8. The third-order valence-corrected chi connectivity index (χ3v) is 6.44. The van der Waals surface area contributed by atoms with Crippen LogP contribution in [0.15, 0.2) is 23.1 Å². The number of thiazole rings is 1. The van der Waals surface area contributed by atoms with Gasteiger partial charge in [-0.2, -0.15) is 0 Å². The van der Waals surface area contributed by atoms with Crippen LogP contribution in [0.1, 0.15) is 33.4 Å². The molecule has 0 saturated carbocycles. The second-order valence-electron chi connectivity index (χ2n) is 7.00. The Hall–Kier alpha value is -1.97. The molecular weight excluding hydrogens is 386 g/mol. The molecule has 0 spiro atoms. The topological polar surface area (TPSA) is 97.4 Å². The first kappa shape index (κ1) is 21.3. The van der Waals surface area contributed by atoms with Crippen molar-refractivity contribution in [1.29, 1.82) is 0 Å². The van der Waals surface area contributed by atoms with E-state index in [-0.39, 0.29) is 23.1 Å². The molecule has 0 atom stereocenters. The first-order valence-electron chi connectivity index (χ1n) is 8.46. The predicted octanol–water partition coefficient (Wildman–Crippen LogP) is 3.41. The monoisotopic (exact) mass is 411 g/mol. The minimum atomic E-state index is -3.69. The van der Waals surface area contributed by atoms with Crippen LogP contribution in [0.4, 0.5) is 5.13 Å². The lowest BCUT2D eigenvalue weighted by atomic mass is 9.96. The molecule has 0 saturated heterocycles. The van der Waals surface area contributed by atoms with E-state index in [4.69, 9.17) is 4.74 Å². The molecule has 0 aliphatic heterocycles. The van der Waals surface area contributed by atoms with Crippen molar-refractivity contribution >= 4 is 32.4 Å². The number of rotatable bonds is 6. The number of hydrogen-bond donors (Lipinski definition) is 2. The molecule has 7 nitrogen and oxygen atoms in total. The normalized spacial score (nSPS) is 12.1. The molecule has 27 heavy (non-hydrogen) atoms. The number of benzene rings is 1. The highest BCUT2D eigenvalue weighted by molar-refractivity contribution is 7.89. The van der Waals surface area contributed by atoms with Gasteiger partial charge in [0.15, 0.2) is 5.13 Å². The van der Waals surface area contributed by atoms with Crippen molar-refractivity contribution in [1.82, 2.24) is 9.71 Å². The number of anilines is 1. The van der Waals surface area contributed by atoms with Gasteiger partial charge < -0.3 is 10.1 Å². The summed E-state index contributed by atoms with van der Waals surface area (Å²) in [5.41, 5.74) is 0.868. The van der Waals surface area contributed by atoms with E-state index in [1.54, 1.807) is 25.1 Å². The average molecular weight is 412 g/mol. The standard InChI is InChI=1S/C18H25N3O4S2/c1-7-19-27(23,24)14-10-12(8-9-13(14)25-6)15-11(2)20-17(26-15)21-16(22)18(3,4)5/h8-10,19H,7H2,1-6H3,(H,20,21,22). The smallest absolute Gasteiger partial charge is 0.244 e. The third-order valence-electron chi connectivity index (χ3n) is 3.75. The van der Waals surface area contributed by atoms with Gasteiger partial charge in [-0.25, -0.2) is 18.1 Å². The van der Waals surface area contributed by atoms with Gasteiger partial charge in [0.1, 0.15) is 10.6 Å². The number of nitrogens with zero attached hydrogens (tertiary/aromatic N) is 1. The molecular formula is C18H25N3O4S2. The van der Waals surface area contributed by atoms with Crippen LogP contribution in [-0.2, 0) is 14.8 Å². The number of aryl methyl sites for hydroxylation is 1. The van der Waals surface area contributed by atoms with Gasteiger partial charge in [-0.3, -0.25) is 4.79 Å². The summed E-state index contributed by atoms with van der Waals surface area (Å²) >= 11 is 1.30. The molecule has 0 radical (unpaired) electrons. The molecule has 0 aliphatic carbocycles. The Labute approximate surface area is 164 Å². The zero-order chi connectivity index (χ0) is 20.4. The molecule has 0 fully saturated rings. The van der Waals surface area contributed by atoms with Crippen molar-refractivity contribution < 1.29 is 17.9 Å². The summed E-state index contributed by atoms with van der Waals surface area (Å²) in [6.07, 6.45) is 0. The lowest BCUT2D eigenvalue weighted by Crippen LogP contribution is -2.27. The SMILES string of the molecule is CCNS(=O)(=O)c1cc(-c2sc(NC(=O)C(C)(C)C)nc2C)ccc1OC. The van der Waals surface area contributed by atoms with Gasteiger partial charge in [-0.15, -0.1) is 0 Å². The summed E-state index contributed by atoms with van der Waals surface area (Å²) in [4.78, 5) is 17.4. The van der Waals surface area contributed by atoms with Crippen LogP contribution in [0.25, 0.3) is 10.4 Å². The fourth-order valence-corrected chi connectivity index (χ4v) is 4.49. The molecule has 1 aromatic carbocycles. The largest absolute Gasteiger partial charge is 0.495 e. The minimum absolute atomic E-state index is 0.0671. The van der Waals surface area contributed by atoms with Crippen LogP contribution in [0.3, 0.4) is 0 Å². The molecule has 1 amide bonds. The second kappa shape index (κ2) is 7.95. The fourth-order valence-electron chi connectivity index (χ4n) is 2.30. The Balaban J connectivity index is 2.46. The lowest BCUT2D eigenvalue weighted by Gasteiger charge is -2.15. The van der Waals surface area contributed by atoms with Gasteiger partial charge in [-0.1, -0.05) is 39.0 Å². The van der Waals surface area contributed by atoms with Gasteiger partial charge in [-0.05, 0) is 30.7 Å². The highest BCUT2D eigenvalue weighted by atomic mass is 32.2. The van der Waals surface area contributed by atoms with Crippen molar-refractivity contribution in [2.24, 2.45) is 5.41 Å². The third kappa shape index (κ3) is 4.85. The number of carbonyl (C=O) groups excluding carboxylic acids is 1. The molecule has 2 rings (SSSR count). The maximum absolute atomic E-state index is 12.5. The maximum atomic E-state index is 12.5. The molecule has 0 unspecified atom stereocenters. The van der Waals surface area contributed by atoms with E-state index in [9.17, 15) is 13.2 Å². The number of amides is 1. The van der Waals surface area contributed by atoms with Crippen molar-refractivity contribution in [3.05, 3.63) is 23.9 Å². The Morgan fingerprint density at radius 1 is 1.30 bits per heavy atom. The highest BCUT2D eigenvalue weighted by Crippen LogP contribution is 2.36. The summed E-state index contributed by atoms with van der Waals surface area (Å²) < 4.78 is 32.6. The van der Waals surface area contributed by atoms with Crippen LogP contribution in [0.5, 0.6) is 5.75 Å². The van der Waals surface area contributed by atoms with Crippen LogP contribution < -0.4 is 14.8 Å². The summed E-state index contributed by atoms with van der Waals surface area (Å²) in [7, 11) is -2.26. The molecule has 1 aromatic heterocycles. The fraction of sp³-hybridized carbons (Fsp3) is 0.444. The van der Waals surface area contributed by atoms with E-state index in [2.05, 4.69) is 15.0 Å². The van der Waals surface area contributed by atoms with E-state index in [0.29, 0.717) is 16.4 Å². The Kier molecular flexibility index (Phi) is 6.28. The second-order valence-corrected chi connectivity index (χ2v) is 9.74. The van der Waals surface area contributed by atoms with E-state index >= 15 is 0 Å². The molecule has 0 bridgehead atoms. The average Bonchev–Trinajstić information content (AvgIpc) is 2.93. The van der Waals surface area contributed by atoms with E-state index in [1.165, 1.54) is 18.4 Å². The molecule has 2 N–H and O–H groups in total. The van der Waals surface area contributed by atoms with Crippen molar-refractivity contribution in [2.45, 2.75) is 39.5 Å². The highest BCUT2D eigenvalue weighted by Gasteiger charge is 2.24. The Morgan fingerprint density at radius 3 is 2.52 bits per heavy atom. The van der Waals surface area contributed by atoms with E-state index in [1.807, 2.05) is 27.7 Å². The van der Waals surface area contributed by atoms with Crippen LogP contribution in [0.2, 0.25) is 0 Å². The molecule has 148 valence electrons. The number of hydrogen-bond acceptors (Lipinski definition) is 6. The van der Waals surface area contributed by atoms with E-state index < -0.39 is 15.4 Å². The van der Waals surface area contributed by atoms with Crippen LogP contribution >= 0.6 is 11.3 Å². The van der Waals surface area contributed by atoms with Crippen molar-refractivity contribution in [2.75, 3.05) is 19.0 Å². The first-order chi connectivity index (χ1) is 12.5. The summed E-state index contributed by atoms with van der Waals surface area (Å²) in [6.45, 7) is 9.28. The van der Waals surface area contributed by atoms with Crippen molar-refractivity contribution in [3.63, 3.8) is 0 Å². The van der Waals surface area contributed by atoms with Gasteiger partial charge in [0.2, 0.25) is 15.9 Å². The Morgan fingerprint density at radius 2 is 1.96 bits per heavy atom. The minimum Gasteiger partial charge on any atom is -0.495 e. The number of sulfonamides is 1. The number of carbonyl (C=O) groups is 1. The quantitative estimate of drug-likeness (QED) is 0.759. The maximum Gasteiger partial charge on any atom is 0.244 e.